The fourth-order valence-electron chi connectivity index (χ4n) is 2.17. The maximum Gasteiger partial charge on any atom is 0.251 e. The third-order valence-corrected chi connectivity index (χ3v) is 3.62. The number of anilines is 1. The van der Waals surface area contributed by atoms with Gasteiger partial charge in [0.2, 0.25) is 5.91 Å². The molecule has 5 nitrogen and oxygen atoms in total. The van der Waals surface area contributed by atoms with Gasteiger partial charge >= 0.3 is 0 Å². The summed E-state index contributed by atoms with van der Waals surface area (Å²) in [5.74, 6) is -0.0625. The highest BCUT2D eigenvalue weighted by Crippen LogP contribution is 2.14. The number of likely N-dealkylation sites (N-methyl/N-ethyl adjacent to an activating group) is 1. The summed E-state index contributed by atoms with van der Waals surface area (Å²) in [6, 6.07) is 6.89. The zero-order chi connectivity index (χ0) is 16.7. The predicted molar refractivity (Wildman–Crippen MR) is 90.2 cm³/mol. The highest BCUT2D eigenvalue weighted by molar-refractivity contribution is 5.97. The molecule has 1 aromatic carbocycles. The van der Waals surface area contributed by atoms with Gasteiger partial charge in [0.05, 0.1) is 0 Å². The number of amides is 2. The van der Waals surface area contributed by atoms with E-state index in [0.717, 1.165) is 12.2 Å². The van der Waals surface area contributed by atoms with Crippen molar-refractivity contribution in [3.05, 3.63) is 29.8 Å². The minimum absolute atomic E-state index is 0.163. The molecule has 0 fully saturated rings. The van der Waals surface area contributed by atoms with E-state index in [4.69, 9.17) is 0 Å². The van der Waals surface area contributed by atoms with Crippen LogP contribution in [0.3, 0.4) is 0 Å². The first-order valence-electron chi connectivity index (χ1n) is 7.72. The Bertz CT molecular complexity index is 497. The molecule has 0 aliphatic rings. The Morgan fingerprint density at radius 3 is 2.23 bits per heavy atom. The summed E-state index contributed by atoms with van der Waals surface area (Å²) in [6.45, 7) is 7.02. The average Bonchev–Trinajstić information content (AvgIpc) is 2.52. The van der Waals surface area contributed by atoms with Gasteiger partial charge in [0.25, 0.3) is 5.91 Å². The fourth-order valence-corrected chi connectivity index (χ4v) is 2.17. The Kier molecular flexibility index (Phi) is 6.89. The molecule has 1 atom stereocenters. The Morgan fingerprint density at radius 1 is 1.18 bits per heavy atom. The molecule has 1 rings (SSSR count). The second kappa shape index (κ2) is 8.41. The molecule has 0 bridgehead atoms. The standard InChI is InChI=1S/C17H27N3O2/c1-6-20(5)14-9-7-13(8-10-14)16(21)19-15(11-12(2)3)17(22)18-4/h7-10,12,15H,6,11H2,1-5H3,(H,18,22)(H,19,21). The minimum Gasteiger partial charge on any atom is -0.375 e. The van der Waals surface area contributed by atoms with E-state index in [1.54, 1.807) is 19.2 Å². The van der Waals surface area contributed by atoms with Gasteiger partial charge in [0.1, 0.15) is 6.04 Å². The van der Waals surface area contributed by atoms with Crippen LogP contribution < -0.4 is 15.5 Å². The maximum atomic E-state index is 12.3. The largest absolute Gasteiger partial charge is 0.375 e. The zero-order valence-electron chi connectivity index (χ0n) is 14.1. The van der Waals surface area contributed by atoms with Crippen LogP contribution in [0.2, 0.25) is 0 Å². The zero-order valence-corrected chi connectivity index (χ0v) is 14.1. The summed E-state index contributed by atoms with van der Waals surface area (Å²) in [4.78, 5) is 26.3. The second-order valence-electron chi connectivity index (χ2n) is 5.83. The Hall–Kier alpha value is -2.04. The SMILES string of the molecule is CCN(C)c1ccc(C(=O)NC(CC(C)C)C(=O)NC)cc1. The van der Waals surface area contributed by atoms with Crippen LogP contribution in [0.25, 0.3) is 0 Å². The molecule has 2 amide bonds. The van der Waals surface area contributed by atoms with Crippen molar-refractivity contribution in [3.8, 4) is 0 Å². The lowest BCUT2D eigenvalue weighted by Crippen LogP contribution is -2.46. The van der Waals surface area contributed by atoms with Crippen LogP contribution in [-0.2, 0) is 4.79 Å². The molecular formula is C17H27N3O2. The summed E-state index contributed by atoms with van der Waals surface area (Å²) >= 11 is 0. The molecule has 0 radical (unpaired) electrons. The molecule has 1 unspecified atom stereocenters. The number of nitrogens with zero attached hydrogens (tertiary/aromatic N) is 1. The summed E-state index contributed by atoms with van der Waals surface area (Å²) in [5, 5.41) is 5.41. The van der Waals surface area contributed by atoms with Crippen LogP contribution in [0, 0.1) is 5.92 Å². The molecule has 2 N–H and O–H groups in total. The molecule has 122 valence electrons. The van der Waals surface area contributed by atoms with Crippen molar-refractivity contribution in [2.75, 3.05) is 25.5 Å². The van der Waals surface area contributed by atoms with Crippen molar-refractivity contribution in [3.63, 3.8) is 0 Å². The molecule has 0 heterocycles. The number of hydrogen-bond acceptors (Lipinski definition) is 3. The Balaban J connectivity index is 2.79. The smallest absolute Gasteiger partial charge is 0.251 e. The van der Waals surface area contributed by atoms with Crippen LogP contribution in [0.1, 0.15) is 37.6 Å². The number of nitrogens with one attached hydrogen (secondary N) is 2. The van der Waals surface area contributed by atoms with Crippen molar-refractivity contribution in [1.82, 2.24) is 10.6 Å². The molecule has 1 aromatic rings. The quantitative estimate of drug-likeness (QED) is 0.810. The molecule has 22 heavy (non-hydrogen) atoms. The number of carbonyl (C=O) groups is 2. The van der Waals surface area contributed by atoms with E-state index >= 15 is 0 Å². The molecule has 0 saturated heterocycles. The van der Waals surface area contributed by atoms with Crippen molar-refractivity contribution in [2.45, 2.75) is 33.2 Å². The van der Waals surface area contributed by atoms with E-state index in [-0.39, 0.29) is 11.8 Å². The normalized spacial score (nSPS) is 11.9. The van der Waals surface area contributed by atoms with E-state index in [1.165, 1.54) is 0 Å². The van der Waals surface area contributed by atoms with Gasteiger partial charge < -0.3 is 15.5 Å². The molecule has 5 heteroatoms. The van der Waals surface area contributed by atoms with Crippen LogP contribution in [0.4, 0.5) is 5.69 Å². The summed E-state index contributed by atoms with van der Waals surface area (Å²) < 4.78 is 0. The topological polar surface area (TPSA) is 61.4 Å². The monoisotopic (exact) mass is 305 g/mol. The van der Waals surface area contributed by atoms with Gasteiger partial charge in [-0.15, -0.1) is 0 Å². The number of benzene rings is 1. The number of rotatable bonds is 7. The lowest BCUT2D eigenvalue weighted by molar-refractivity contribution is -0.122. The molecule has 0 aliphatic carbocycles. The summed E-state index contributed by atoms with van der Waals surface area (Å²) in [7, 11) is 3.58. The number of hydrogen-bond donors (Lipinski definition) is 2. The van der Waals surface area contributed by atoms with E-state index in [0.29, 0.717) is 17.9 Å². The fraction of sp³-hybridized carbons (Fsp3) is 0.529. The van der Waals surface area contributed by atoms with Crippen LogP contribution >= 0.6 is 0 Å². The lowest BCUT2D eigenvalue weighted by atomic mass is 10.0. The first-order chi connectivity index (χ1) is 10.4. The highest BCUT2D eigenvalue weighted by atomic mass is 16.2. The highest BCUT2D eigenvalue weighted by Gasteiger charge is 2.21. The minimum atomic E-state index is -0.504. The van der Waals surface area contributed by atoms with Gasteiger partial charge in [-0.3, -0.25) is 9.59 Å². The molecule has 0 saturated carbocycles. The van der Waals surface area contributed by atoms with Crippen molar-refractivity contribution < 1.29 is 9.59 Å². The molecular weight excluding hydrogens is 278 g/mol. The van der Waals surface area contributed by atoms with Crippen LogP contribution in [0.15, 0.2) is 24.3 Å². The molecule has 0 aliphatic heterocycles. The van der Waals surface area contributed by atoms with Gasteiger partial charge in [-0.05, 0) is 43.5 Å². The average molecular weight is 305 g/mol. The third kappa shape index (κ3) is 5.06. The van der Waals surface area contributed by atoms with Crippen molar-refractivity contribution in [2.24, 2.45) is 5.92 Å². The van der Waals surface area contributed by atoms with Crippen molar-refractivity contribution in [1.29, 1.82) is 0 Å². The van der Waals surface area contributed by atoms with E-state index < -0.39 is 6.04 Å². The lowest BCUT2D eigenvalue weighted by Gasteiger charge is -2.20. The second-order valence-corrected chi connectivity index (χ2v) is 5.83. The maximum absolute atomic E-state index is 12.3. The third-order valence-electron chi connectivity index (χ3n) is 3.62. The van der Waals surface area contributed by atoms with Crippen molar-refractivity contribution >= 4 is 17.5 Å². The predicted octanol–water partition coefficient (Wildman–Crippen LogP) is 2.03. The van der Waals surface area contributed by atoms with Gasteiger partial charge in [0.15, 0.2) is 0 Å². The van der Waals surface area contributed by atoms with E-state index in [2.05, 4.69) is 22.5 Å². The Labute approximate surface area is 133 Å². The summed E-state index contributed by atoms with van der Waals surface area (Å²) in [6.07, 6.45) is 0.613. The van der Waals surface area contributed by atoms with Gasteiger partial charge in [-0.25, -0.2) is 0 Å². The van der Waals surface area contributed by atoms with Gasteiger partial charge in [-0.1, -0.05) is 13.8 Å². The Morgan fingerprint density at radius 2 is 1.77 bits per heavy atom. The van der Waals surface area contributed by atoms with Gasteiger partial charge in [-0.2, -0.15) is 0 Å². The first-order valence-corrected chi connectivity index (χ1v) is 7.72. The molecule has 0 aromatic heterocycles. The summed E-state index contributed by atoms with van der Waals surface area (Å²) in [5.41, 5.74) is 1.62. The van der Waals surface area contributed by atoms with E-state index in [1.807, 2.05) is 33.0 Å². The molecule has 0 spiro atoms. The number of carbonyl (C=O) groups excluding carboxylic acids is 2. The van der Waals surface area contributed by atoms with Gasteiger partial charge in [0, 0.05) is 31.9 Å². The van der Waals surface area contributed by atoms with Crippen LogP contribution in [-0.4, -0.2) is 38.5 Å². The van der Waals surface area contributed by atoms with E-state index in [9.17, 15) is 9.59 Å². The first kappa shape index (κ1) is 18.0. The van der Waals surface area contributed by atoms with Crippen LogP contribution in [0.5, 0.6) is 0 Å².